The molecule has 20 heavy (non-hydrogen) atoms. The van der Waals surface area contributed by atoms with Crippen molar-refractivity contribution in [3.8, 4) is 22.4 Å². The van der Waals surface area contributed by atoms with E-state index < -0.39 is 0 Å². The summed E-state index contributed by atoms with van der Waals surface area (Å²) in [6.45, 7) is 3.99. The van der Waals surface area contributed by atoms with Crippen LogP contribution in [0.15, 0.2) is 47.1 Å². The molecule has 3 rings (SSSR count). The molecule has 0 fully saturated rings. The summed E-state index contributed by atoms with van der Waals surface area (Å²) in [5, 5.41) is 4.11. The van der Waals surface area contributed by atoms with E-state index in [9.17, 15) is 0 Å². The maximum Gasteiger partial charge on any atom is 0.230 e. The fourth-order valence-corrected chi connectivity index (χ4v) is 2.22. The summed E-state index contributed by atoms with van der Waals surface area (Å²) < 4.78 is 5.19. The van der Waals surface area contributed by atoms with E-state index in [-0.39, 0.29) is 0 Å². The minimum absolute atomic E-state index is 0.326. The lowest BCUT2D eigenvalue weighted by Gasteiger charge is -2.05. The van der Waals surface area contributed by atoms with Crippen LogP contribution in [-0.4, -0.2) is 10.1 Å². The number of nitrogens with zero attached hydrogens (tertiary/aromatic N) is 2. The molecule has 2 N–H and O–H groups in total. The van der Waals surface area contributed by atoms with Crippen molar-refractivity contribution in [2.45, 2.75) is 13.8 Å². The molecular formula is C16H15N3O. The van der Waals surface area contributed by atoms with E-state index in [1.165, 1.54) is 5.56 Å². The Kier molecular flexibility index (Phi) is 2.99. The fraction of sp³-hybridized carbons (Fsp3) is 0.125. The Bertz CT molecular complexity index is 745. The van der Waals surface area contributed by atoms with Gasteiger partial charge >= 0.3 is 0 Å². The fourth-order valence-electron chi connectivity index (χ4n) is 2.22. The zero-order valence-electron chi connectivity index (χ0n) is 11.4. The summed E-state index contributed by atoms with van der Waals surface area (Å²) in [7, 11) is 0. The minimum Gasteiger partial charge on any atom is -0.367 e. The van der Waals surface area contributed by atoms with Crippen molar-refractivity contribution < 1.29 is 4.52 Å². The topological polar surface area (TPSA) is 64.9 Å². The van der Waals surface area contributed by atoms with E-state index >= 15 is 0 Å². The van der Waals surface area contributed by atoms with Crippen molar-refractivity contribution in [2.75, 3.05) is 5.73 Å². The zero-order valence-corrected chi connectivity index (χ0v) is 11.4. The number of aromatic nitrogens is 2. The second-order valence-electron chi connectivity index (χ2n) is 4.77. The molecule has 0 spiro atoms. The van der Waals surface area contributed by atoms with E-state index in [2.05, 4.69) is 10.1 Å². The van der Waals surface area contributed by atoms with Gasteiger partial charge in [-0.3, -0.25) is 4.98 Å². The third-order valence-corrected chi connectivity index (χ3v) is 3.32. The Labute approximate surface area is 117 Å². The highest BCUT2D eigenvalue weighted by molar-refractivity contribution is 5.87. The van der Waals surface area contributed by atoms with Crippen molar-refractivity contribution in [1.82, 2.24) is 10.1 Å². The van der Waals surface area contributed by atoms with Crippen molar-refractivity contribution in [1.29, 1.82) is 0 Å². The first kappa shape index (κ1) is 12.4. The van der Waals surface area contributed by atoms with Crippen molar-refractivity contribution in [3.05, 3.63) is 53.9 Å². The lowest BCUT2D eigenvalue weighted by molar-refractivity contribution is 0.439. The normalized spacial score (nSPS) is 10.7. The zero-order chi connectivity index (χ0) is 14.1. The summed E-state index contributed by atoms with van der Waals surface area (Å²) in [5.41, 5.74) is 11.5. The molecule has 0 amide bonds. The predicted octanol–water partition coefficient (Wildman–Crippen LogP) is 3.60. The highest BCUT2D eigenvalue weighted by atomic mass is 16.5. The van der Waals surface area contributed by atoms with Crippen LogP contribution < -0.4 is 5.73 Å². The van der Waals surface area contributed by atoms with Gasteiger partial charge in [-0.05, 0) is 31.5 Å². The maximum absolute atomic E-state index is 5.95. The third kappa shape index (κ3) is 2.05. The molecule has 4 heteroatoms. The number of hydrogen-bond acceptors (Lipinski definition) is 4. The number of nitrogens with two attached hydrogens (primary N) is 1. The predicted molar refractivity (Wildman–Crippen MR) is 79.1 cm³/mol. The minimum atomic E-state index is 0.326. The van der Waals surface area contributed by atoms with E-state index in [0.29, 0.717) is 5.88 Å². The summed E-state index contributed by atoms with van der Waals surface area (Å²) in [6, 6.07) is 12.0. The highest BCUT2D eigenvalue weighted by Gasteiger charge is 2.18. The molecule has 0 aliphatic carbocycles. The largest absolute Gasteiger partial charge is 0.367 e. The maximum atomic E-state index is 5.95. The molecule has 0 atom stereocenters. The van der Waals surface area contributed by atoms with Crippen molar-refractivity contribution in [3.63, 3.8) is 0 Å². The SMILES string of the molecule is Cc1ccc(-c2c(-c3cccnc3C)noc2N)cc1. The lowest BCUT2D eigenvalue weighted by atomic mass is 9.99. The van der Waals surface area contributed by atoms with Crippen LogP contribution in [0.5, 0.6) is 0 Å². The number of pyridine rings is 1. The van der Waals surface area contributed by atoms with Crippen LogP contribution in [0.25, 0.3) is 22.4 Å². The van der Waals surface area contributed by atoms with E-state index in [1.807, 2.05) is 50.2 Å². The molecule has 0 aliphatic heterocycles. The molecule has 4 nitrogen and oxygen atoms in total. The van der Waals surface area contributed by atoms with Crippen LogP contribution in [0.3, 0.4) is 0 Å². The number of hydrogen-bond donors (Lipinski definition) is 1. The first-order valence-corrected chi connectivity index (χ1v) is 6.41. The Hall–Kier alpha value is -2.62. The van der Waals surface area contributed by atoms with Gasteiger partial charge in [-0.25, -0.2) is 0 Å². The number of nitrogen functional groups attached to an aromatic ring is 1. The summed E-state index contributed by atoms with van der Waals surface area (Å²) in [4.78, 5) is 4.29. The third-order valence-electron chi connectivity index (χ3n) is 3.32. The smallest absolute Gasteiger partial charge is 0.230 e. The molecule has 0 bridgehead atoms. The highest BCUT2D eigenvalue weighted by Crippen LogP contribution is 2.36. The van der Waals surface area contributed by atoms with Gasteiger partial charge in [-0.1, -0.05) is 35.0 Å². The van der Waals surface area contributed by atoms with Crippen molar-refractivity contribution in [2.24, 2.45) is 0 Å². The summed E-state index contributed by atoms with van der Waals surface area (Å²) in [6.07, 6.45) is 1.76. The van der Waals surface area contributed by atoms with Crippen LogP contribution in [0.4, 0.5) is 5.88 Å². The van der Waals surface area contributed by atoms with Gasteiger partial charge in [0.15, 0.2) is 0 Å². The first-order valence-electron chi connectivity index (χ1n) is 6.41. The molecule has 2 aromatic heterocycles. The average molecular weight is 265 g/mol. The molecule has 100 valence electrons. The number of aryl methyl sites for hydroxylation is 2. The summed E-state index contributed by atoms with van der Waals surface area (Å²) in [5.74, 6) is 0.326. The second-order valence-corrected chi connectivity index (χ2v) is 4.77. The van der Waals surface area contributed by atoms with Gasteiger partial charge in [0.05, 0.1) is 5.56 Å². The number of anilines is 1. The Morgan fingerprint density at radius 1 is 1.05 bits per heavy atom. The monoisotopic (exact) mass is 265 g/mol. The molecule has 0 saturated carbocycles. The van der Waals surface area contributed by atoms with Gasteiger partial charge < -0.3 is 10.3 Å². The Morgan fingerprint density at radius 3 is 2.50 bits per heavy atom. The standard InChI is InChI=1S/C16H15N3O/c1-10-5-7-12(8-6-10)14-15(19-20-16(14)17)13-4-3-9-18-11(13)2/h3-9H,17H2,1-2H3. The van der Waals surface area contributed by atoms with E-state index in [4.69, 9.17) is 10.3 Å². The van der Waals surface area contributed by atoms with Crippen molar-refractivity contribution >= 4 is 5.88 Å². The van der Waals surface area contributed by atoms with Crippen LogP contribution in [0.2, 0.25) is 0 Å². The molecule has 0 radical (unpaired) electrons. The van der Waals surface area contributed by atoms with Crippen LogP contribution >= 0.6 is 0 Å². The second kappa shape index (κ2) is 4.81. The number of benzene rings is 1. The lowest BCUT2D eigenvalue weighted by Crippen LogP contribution is -1.91. The van der Waals surface area contributed by atoms with Crippen LogP contribution in [0, 0.1) is 13.8 Å². The van der Waals surface area contributed by atoms with E-state index in [0.717, 1.165) is 28.1 Å². The summed E-state index contributed by atoms with van der Waals surface area (Å²) >= 11 is 0. The molecule has 2 heterocycles. The quantitative estimate of drug-likeness (QED) is 0.768. The van der Waals surface area contributed by atoms with Crippen LogP contribution in [-0.2, 0) is 0 Å². The van der Waals surface area contributed by atoms with Gasteiger partial charge in [-0.2, -0.15) is 0 Å². The molecule has 0 aliphatic rings. The van der Waals surface area contributed by atoms with Crippen LogP contribution in [0.1, 0.15) is 11.3 Å². The first-order chi connectivity index (χ1) is 9.66. The molecule has 0 unspecified atom stereocenters. The molecule has 3 aromatic rings. The van der Waals surface area contributed by atoms with Gasteiger partial charge in [-0.15, -0.1) is 0 Å². The molecule has 1 aromatic carbocycles. The molecular weight excluding hydrogens is 250 g/mol. The Morgan fingerprint density at radius 2 is 1.80 bits per heavy atom. The van der Waals surface area contributed by atoms with Gasteiger partial charge in [0.25, 0.3) is 0 Å². The van der Waals surface area contributed by atoms with Gasteiger partial charge in [0, 0.05) is 17.5 Å². The van der Waals surface area contributed by atoms with E-state index in [1.54, 1.807) is 6.20 Å². The Balaban J connectivity index is 2.20. The van der Waals surface area contributed by atoms with Gasteiger partial charge in [0.1, 0.15) is 5.69 Å². The average Bonchev–Trinajstić information content (AvgIpc) is 2.82. The molecule has 0 saturated heterocycles. The number of rotatable bonds is 2. The van der Waals surface area contributed by atoms with Gasteiger partial charge in [0.2, 0.25) is 5.88 Å².